The molecule has 1 aliphatic heterocycles. The number of piperidine rings is 1. The first-order chi connectivity index (χ1) is 14.2. The van der Waals surface area contributed by atoms with Gasteiger partial charge in [-0.05, 0) is 68.7 Å². The molecule has 0 bridgehead atoms. The van der Waals surface area contributed by atoms with Gasteiger partial charge in [0.2, 0.25) is 5.91 Å². The predicted octanol–water partition coefficient (Wildman–Crippen LogP) is 4.31. The first-order valence-electron chi connectivity index (χ1n) is 10.2. The van der Waals surface area contributed by atoms with Crippen LogP contribution in [0.15, 0.2) is 59.2 Å². The lowest BCUT2D eigenvalue weighted by Crippen LogP contribution is -2.43. The number of carbonyl (C=O) groups excluding carboxylic acids is 1. The largest absolute Gasteiger partial charge is 0.463 e. The fraction of sp³-hybridized carbons (Fsp3) is 0.348. The number of benzene rings is 1. The maximum absolute atomic E-state index is 13.1. The molecule has 0 atom stereocenters. The number of carbonyl (C=O) groups is 1. The molecule has 4 rings (SSSR count). The van der Waals surface area contributed by atoms with Crippen LogP contribution in [0.2, 0.25) is 0 Å². The molecule has 0 N–H and O–H groups in total. The van der Waals surface area contributed by atoms with Gasteiger partial charge in [-0.3, -0.25) is 4.79 Å². The number of nitrogens with zero attached hydrogens (tertiary/aromatic N) is 4. The first-order valence-corrected chi connectivity index (χ1v) is 10.2. The van der Waals surface area contributed by atoms with Gasteiger partial charge in [-0.25, -0.2) is 0 Å². The first kappa shape index (κ1) is 19.2. The number of hydrogen-bond donors (Lipinski definition) is 0. The molecule has 1 saturated heterocycles. The molecule has 1 fully saturated rings. The van der Waals surface area contributed by atoms with Gasteiger partial charge in [-0.15, -0.1) is 10.2 Å². The van der Waals surface area contributed by atoms with E-state index in [4.69, 9.17) is 4.42 Å². The summed E-state index contributed by atoms with van der Waals surface area (Å²) in [6, 6.07) is 15.8. The number of anilines is 2. The zero-order valence-electron chi connectivity index (χ0n) is 16.9. The molecule has 0 saturated carbocycles. The van der Waals surface area contributed by atoms with E-state index in [1.165, 1.54) is 5.56 Å². The Hall–Kier alpha value is -3.15. The van der Waals surface area contributed by atoms with Crippen LogP contribution in [0.25, 0.3) is 11.5 Å². The van der Waals surface area contributed by atoms with Gasteiger partial charge in [0.15, 0.2) is 11.6 Å². The van der Waals surface area contributed by atoms with E-state index in [2.05, 4.69) is 34.2 Å². The van der Waals surface area contributed by atoms with Crippen molar-refractivity contribution in [1.29, 1.82) is 0 Å². The van der Waals surface area contributed by atoms with Crippen LogP contribution in [0.4, 0.5) is 11.5 Å². The number of hydrogen-bond acceptors (Lipinski definition) is 5. The van der Waals surface area contributed by atoms with E-state index in [9.17, 15) is 4.79 Å². The molecule has 0 radical (unpaired) electrons. The van der Waals surface area contributed by atoms with E-state index in [1.54, 1.807) is 6.26 Å². The monoisotopic (exact) mass is 390 g/mol. The quantitative estimate of drug-likeness (QED) is 0.649. The molecule has 0 spiro atoms. The van der Waals surface area contributed by atoms with Gasteiger partial charge in [0.05, 0.1) is 6.26 Å². The summed E-state index contributed by atoms with van der Waals surface area (Å²) < 4.78 is 5.36. The third kappa shape index (κ3) is 4.16. The Bertz CT molecular complexity index is 945. The van der Waals surface area contributed by atoms with Gasteiger partial charge in [-0.1, -0.05) is 12.1 Å². The maximum Gasteiger partial charge on any atom is 0.230 e. The second-order valence-corrected chi connectivity index (χ2v) is 7.44. The highest BCUT2D eigenvalue weighted by atomic mass is 16.3. The number of amides is 1. The van der Waals surface area contributed by atoms with Crippen molar-refractivity contribution in [3.63, 3.8) is 0 Å². The van der Waals surface area contributed by atoms with Crippen molar-refractivity contribution in [3.8, 4) is 11.5 Å². The molecule has 2 aromatic heterocycles. The smallest absolute Gasteiger partial charge is 0.230 e. The third-order valence-corrected chi connectivity index (χ3v) is 5.49. The van der Waals surface area contributed by atoms with Gasteiger partial charge in [0.1, 0.15) is 5.69 Å². The average Bonchev–Trinajstić information content (AvgIpc) is 3.29. The van der Waals surface area contributed by atoms with Crippen molar-refractivity contribution in [2.75, 3.05) is 29.4 Å². The minimum Gasteiger partial charge on any atom is -0.463 e. The van der Waals surface area contributed by atoms with Gasteiger partial charge < -0.3 is 14.2 Å². The lowest BCUT2D eigenvalue weighted by molar-refractivity contribution is -0.122. The Morgan fingerprint density at radius 2 is 1.97 bits per heavy atom. The molecule has 6 heteroatoms. The molecule has 1 amide bonds. The van der Waals surface area contributed by atoms with Crippen LogP contribution in [0.1, 0.15) is 25.3 Å². The summed E-state index contributed by atoms with van der Waals surface area (Å²) in [5.41, 5.74) is 2.88. The third-order valence-electron chi connectivity index (χ3n) is 5.49. The highest BCUT2D eigenvalue weighted by Gasteiger charge is 2.29. The molecule has 1 aliphatic rings. The summed E-state index contributed by atoms with van der Waals surface area (Å²) >= 11 is 0. The van der Waals surface area contributed by atoms with Crippen LogP contribution in [0, 0.1) is 12.8 Å². The normalized spacial score (nSPS) is 14.8. The molecule has 29 heavy (non-hydrogen) atoms. The summed E-state index contributed by atoms with van der Waals surface area (Å²) in [6.07, 6.45) is 3.27. The van der Waals surface area contributed by atoms with E-state index >= 15 is 0 Å². The van der Waals surface area contributed by atoms with Crippen LogP contribution >= 0.6 is 0 Å². The van der Waals surface area contributed by atoms with Gasteiger partial charge >= 0.3 is 0 Å². The number of rotatable bonds is 5. The number of aromatic nitrogens is 2. The lowest BCUT2D eigenvalue weighted by atomic mass is 9.95. The highest BCUT2D eigenvalue weighted by Crippen LogP contribution is 2.27. The number of aryl methyl sites for hydroxylation is 1. The van der Waals surface area contributed by atoms with Crippen LogP contribution in [-0.2, 0) is 4.79 Å². The summed E-state index contributed by atoms with van der Waals surface area (Å²) in [7, 11) is 0. The highest BCUT2D eigenvalue weighted by molar-refractivity contribution is 5.95. The van der Waals surface area contributed by atoms with E-state index < -0.39 is 0 Å². The van der Waals surface area contributed by atoms with Crippen molar-refractivity contribution in [2.24, 2.45) is 5.92 Å². The lowest BCUT2D eigenvalue weighted by Gasteiger charge is -2.34. The fourth-order valence-corrected chi connectivity index (χ4v) is 3.89. The Balaban J connectivity index is 1.39. The van der Waals surface area contributed by atoms with Gasteiger partial charge in [-0.2, -0.15) is 0 Å². The van der Waals surface area contributed by atoms with Crippen LogP contribution in [0.3, 0.4) is 0 Å². The molecule has 1 aromatic carbocycles. The Morgan fingerprint density at radius 1 is 1.14 bits per heavy atom. The van der Waals surface area contributed by atoms with Crippen LogP contribution in [0.5, 0.6) is 0 Å². The Labute approximate surface area is 171 Å². The Morgan fingerprint density at radius 3 is 2.59 bits per heavy atom. The topological polar surface area (TPSA) is 62.5 Å². The van der Waals surface area contributed by atoms with E-state index in [-0.39, 0.29) is 11.8 Å². The van der Waals surface area contributed by atoms with Crippen molar-refractivity contribution in [2.45, 2.75) is 26.7 Å². The fourth-order valence-electron chi connectivity index (χ4n) is 3.89. The Kier molecular flexibility index (Phi) is 5.60. The zero-order chi connectivity index (χ0) is 20.2. The molecule has 3 aromatic rings. The minimum atomic E-state index is 0.0436. The summed E-state index contributed by atoms with van der Waals surface area (Å²) in [5, 5.41) is 8.64. The maximum atomic E-state index is 13.1. The number of furan rings is 1. The second kappa shape index (κ2) is 8.47. The van der Waals surface area contributed by atoms with E-state index in [0.717, 1.165) is 43.1 Å². The zero-order valence-corrected chi connectivity index (χ0v) is 16.9. The molecule has 3 heterocycles. The molecule has 0 unspecified atom stereocenters. The summed E-state index contributed by atoms with van der Waals surface area (Å²) in [6.45, 7) is 6.37. The second-order valence-electron chi connectivity index (χ2n) is 7.44. The molecular weight excluding hydrogens is 364 g/mol. The predicted molar refractivity (Wildman–Crippen MR) is 114 cm³/mol. The van der Waals surface area contributed by atoms with E-state index in [1.807, 2.05) is 48.2 Å². The standard InChI is InChI=1S/C23H26N4O2/c1-3-27(19-7-4-6-17(2)16-19)23(28)18-11-13-26(14-12-18)22-10-9-20(24-25-22)21-8-5-15-29-21/h4-10,15-16,18H,3,11-14H2,1-2H3. The molecule has 0 aliphatic carbocycles. The minimum absolute atomic E-state index is 0.0436. The van der Waals surface area contributed by atoms with Crippen LogP contribution < -0.4 is 9.80 Å². The van der Waals surface area contributed by atoms with Gasteiger partial charge in [0, 0.05) is 31.2 Å². The van der Waals surface area contributed by atoms with Gasteiger partial charge in [0.25, 0.3) is 0 Å². The van der Waals surface area contributed by atoms with E-state index in [0.29, 0.717) is 12.3 Å². The summed E-state index contributed by atoms with van der Waals surface area (Å²) in [5.74, 6) is 1.82. The van der Waals surface area contributed by atoms with Crippen molar-refractivity contribution in [3.05, 3.63) is 60.4 Å². The summed E-state index contributed by atoms with van der Waals surface area (Å²) in [4.78, 5) is 17.2. The van der Waals surface area contributed by atoms with Crippen molar-refractivity contribution < 1.29 is 9.21 Å². The SMILES string of the molecule is CCN(C(=O)C1CCN(c2ccc(-c3ccco3)nn2)CC1)c1cccc(C)c1. The van der Waals surface area contributed by atoms with Crippen molar-refractivity contribution in [1.82, 2.24) is 10.2 Å². The molecule has 150 valence electrons. The molecular formula is C23H26N4O2. The molecule has 6 nitrogen and oxygen atoms in total. The van der Waals surface area contributed by atoms with Crippen molar-refractivity contribution >= 4 is 17.4 Å². The average molecular weight is 390 g/mol. The van der Waals surface area contributed by atoms with Crippen LogP contribution in [-0.4, -0.2) is 35.7 Å².